The summed E-state index contributed by atoms with van der Waals surface area (Å²) in [6.45, 7) is 6.93. The van der Waals surface area contributed by atoms with Crippen LogP contribution in [0.15, 0.2) is 33.8 Å². The summed E-state index contributed by atoms with van der Waals surface area (Å²) in [6, 6.07) is 4.24. The fourth-order valence-electron chi connectivity index (χ4n) is 1.96. The Morgan fingerprint density at radius 2 is 2.00 bits per heavy atom. The van der Waals surface area contributed by atoms with Crippen molar-refractivity contribution in [2.75, 3.05) is 7.05 Å². The number of guanidine groups is 1. The lowest BCUT2D eigenvalue weighted by atomic mass is 9.94. The molecule has 2 aromatic rings. The van der Waals surface area contributed by atoms with Gasteiger partial charge in [0.15, 0.2) is 17.5 Å². The van der Waals surface area contributed by atoms with Gasteiger partial charge in [-0.3, -0.25) is 4.99 Å². The number of nitrogens with one attached hydrogen (secondary N) is 2. The molecule has 0 aliphatic heterocycles. The van der Waals surface area contributed by atoms with E-state index in [9.17, 15) is 9.50 Å². The summed E-state index contributed by atoms with van der Waals surface area (Å²) < 4.78 is 19.0. The summed E-state index contributed by atoms with van der Waals surface area (Å²) in [5, 5.41) is 15.3. The van der Waals surface area contributed by atoms with Crippen LogP contribution in [0.4, 0.5) is 4.39 Å². The van der Waals surface area contributed by atoms with Gasteiger partial charge in [-0.1, -0.05) is 26.8 Å². The molecule has 0 saturated heterocycles. The summed E-state index contributed by atoms with van der Waals surface area (Å²) in [6.07, 6.45) is 1.73. The van der Waals surface area contributed by atoms with Crippen molar-refractivity contribution in [1.29, 1.82) is 0 Å². The Bertz CT molecular complexity index is 720. The van der Waals surface area contributed by atoms with E-state index in [2.05, 4.69) is 41.4 Å². The lowest BCUT2D eigenvalue weighted by Crippen LogP contribution is -2.36. The van der Waals surface area contributed by atoms with Gasteiger partial charge in [0.05, 0.1) is 12.7 Å². The third kappa shape index (κ3) is 4.71. The zero-order chi connectivity index (χ0) is 17.7. The Morgan fingerprint density at radius 1 is 1.29 bits per heavy atom. The summed E-state index contributed by atoms with van der Waals surface area (Å²) in [4.78, 5) is 8.33. The highest BCUT2D eigenvalue weighted by atomic mass is 19.1. The van der Waals surface area contributed by atoms with Crippen molar-refractivity contribution in [2.45, 2.75) is 39.3 Å². The number of aromatic nitrogens is 1. The van der Waals surface area contributed by atoms with Gasteiger partial charge in [0.25, 0.3) is 0 Å². The van der Waals surface area contributed by atoms with E-state index in [1.165, 1.54) is 12.1 Å². The maximum absolute atomic E-state index is 13.3. The van der Waals surface area contributed by atoms with Crippen molar-refractivity contribution >= 4 is 5.96 Å². The van der Waals surface area contributed by atoms with Crippen LogP contribution >= 0.6 is 0 Å². The first kappa shape index (κ1) is 17.8. The number of oxazole rings is 1. The molecule has 1 aromatic heterocycles. The first-order valence-corrected chi connectivity index (χ1v) is 7.66. The van der Waals surface area contributed by atoms with Crippen molar-refractivity contribution < 1.29 is 13.9 Å². The number of nitrogens with zero attached hydrogens (tertiary/aromatic N) is 2. The number of benzene rings is 1. The van der Waals surface area contributed by atoms with Crippen LogP contribution in [0, 0.1) is 5.82 Å². The Balaban J connectivity index is 1.88. The van der Waals surface area contributed by atoms with Crippen molar-refractivity contribution in [3.05, 3.63) is 47.4 Å². The number of rotatable bonds is 4. The molecule has 1 aromatic carbocycles. The van der Waals surface area contributed by atoms with Gasteiger partial charge in [-0.15, -0.1) is 0 Å². The third-order valence-corrected chi connectivity index (χ3v) is 3.40. The molecule has 0 aliphatic carbocycles. The molecule has 0 radical (unpaired) electrons. The van der Waals surface area contributed by atoms with Crippen molar-refractivity contribution in [1.82, 2.24) is 15.6 Å². The molecule has 130 valence electrons. The molecule has 3 N–H and O–H groups in total. The average Bonchev–Trinajstić information content (AvgIpc) is 3.00. The smallest absolute Gasteiger partial charge is 0.213 e. The van der Waals surface area contributed by atoms with Crippen LogP contribution < -0.4 is 10.6 Å². The molecular weight excluding hydrogens is 311 g/mol. The van der Waals surface area contributed by atoms with E-state index in [1.807, 2.05) is 0 Å². The highest BCUT2D eigenvalue weighted by Crippen LogP contribution is 2.22. The van der Waals surface area contributed by atoms with Gasteiger partial charge in [-0.05, 0) is 17.7 Å². The summed E-state index contributed by atoms with van der Waals surface area (Å²) in [7, 11) is 1.64. The number of phenolic OH excluding ortho intramolecular Hbond substituents is 1. The fourth-order valence-corrected chi connectivity index (χ4v) is 1.96. The van der Waals surface area contributed by atoms with Crippen molar-refractivity contribution in [3.8, 4) is 5.75 Å². The molecule has 0 spiro atoms. The molecule has 7 heteroatoms. The van der Waals surface area contributed by atoms with E-state index in [4.69, 9.17) is 4.42 Å². The zero-order valence-corrected chi connectivity index (χ0v) is 14.4. The quantitative estimate of drug-likeness (QED) is 0.591. The molecule has 0 fully saturated rings. The number of hydrogen-bond acceptors (Lipinski definition) is 4. The van der Waals surface area contributed by atoms with E-state index in [0.717, 1.165) is 5.76 Å². The monoisotopic (exact) mass is 334 g/mol. The minimum absolute atomic E-state index is 0.0892. The van der Waals surface area contributed by atoms with Gasteiger partial charge in [0.1, 0.15) is 5.76 Å². The van der Waals surface area contributed by atoms with Gasteiger partial charge in [-0.25, -0.2) is 9.37 Å². The molecule has 1 heterocycles. The Morgan fingerprint density at radius 3 is 2.58 bits per heavy atom. The Kier molecular flexibility index (Phi) is 5.43. The summed E-state index contributed by atoms with van der Waals surface area (Å²) in [5.74, 6) is 0.922. The Labute approximate surface area is 140 Å². The largest absolute Gasteiger partial charge is 0.505 e. The molecule has 0 unspecified atom stereocenters. The van der Waals surface area contributed by atoms with E-state index in [0.29, 0.717) is 30.5 Å². The lowest BCUT2D eigenvalue weighted by molar-refractivity contribution is 0.379. The minimum atomic E-state index is -0.647. The number of aliphatic imine (C=N–C) groups is 1. The second-order valence-corrected chi connectivity index (χ2v) is 6.43. The lowest BCUT2D eigenvalue weighted by Gasteiger charge is -2.13. The highest BCUT2D eigenvalue weighted by molar-refractivity contribution is 5.79. The van der Waals surface area contributed by atoms with Crippen molar-refractivity contribution in [3.63, 3.8) is 0 Å². The summed E-state index contributed by atoms with van der Waals surface area (Å²) >= 11 is 0. The standard InChI is InChI=1S/C17H23FN4O2/c1-17(2,3)14-9-20-15(24-14)10-22-16(19-4)21-8-11-5-6-13(23)12(18)7-11/h5-7,9,23H,8,10H2,1-4H3,(H2,19,21,22). The predicted molar refractivity (Wildman–Crippen MR) is 90.3 cm³/mol. The molecule has 0 saturated carbocycles. The van der Waals surface area contributed by atoms with Gasteiger partial charge in [0.2, 0.25) is 5.89 Å². The molecule has 24 heavy (non-hydrogen) atoms. The SMILES string of the molecule is CN=C(NCc1ccc(O)c(F)c1)NCc1ncc(C(C)(C)C)o1. The maximum atomic E-state index is 13.3. The van der Waals surface area contributed by atoms with Gasteiger partial charge < -0.3 is 20.2 Å². The first-order chi connectivity index (χ1) is 11.3. The zero-order valence-electron chi connectivity index (χ0n) is 14.4. The molecule has 0 amide bonds. The molecule has 6 nitrogen and oxygen atoms in total. The molecule has 0 atom stereocenters. The average molecular weight is 334 g/mol. The topological polar surface area (TPSA) is 82.7 Å². The van der Waals surface area contributed by atoms with E-state index in [1.54, 1.807) is 19.3 Å². The summed E-state index contributed by atoms with van der Waals surface area (Å²) in [5.41, 5.74) is 0.605. The van der Waals surface area contributed by atoms with Crippen LogP contribution in [0.3, 0.4) is 0 Å². The second-order valence-electron chi connectivity index (χ2n) is 6.43. The number of aromatic hydroxyl groups is 1. The highest BCUT2D eigenvalue weighted by Gasteiger charge is 2.19. The number of hydrogen-bond donors (Lipinski definition) is 3. The van der Waals surface area contributed by atoms with Crippen LogP contribution in [0.2, 0.25) is 0 Å². The Hall–Kier alpha value is -2.57. The predicted octanol–water partition coefficient (Wildman–Crippen LogP) is 2.68. The van der Waals surface area contributed by atoms with Crippen LogP contribution in [0.5, 0.6) is 5.75 Å². The maximum Gasteiger partial charge on any atom is 0.213 e. The van der Waals surface area contributed by atoms with E-state index in [-0.39, 0.29) is 11.2 Å². The van der Waals surface area contributed by atoms with Crippen LogP contribution in [0.1, 0.15) is 38.0 Å². The van der Waals surface area contributed by atoms with Gasteiger partial charge >= 0.3 is 0 Å². The van der Waals surface area contributed by atoms with Crippen LogP contribution in [-0.4, -0.2) is 23.1 Å². The normalized spacial score (nSPS) is 12.3. The van der Waals surface area contributed by atoms with E-state index >= 15 is 0 Å². The number of phenols is 1. The molecule has 0 bridgehead atoms. The van der Waals surface area contributed by atoms with Gasteiger partial charge in [-0.2, -0.15) is 0 Å². The molecule has 0 aliphatic rings. The van der Waals surface area contributed by atoms with Gasteiger partial charge in [0, 0.05) is 19.0 Å². The minimum Gasteiger partial charge on any atom is -0.505 e. The third-order valence-electron chi connectivity index (χ3n) is 3.40. The first-order valence-electron chi connectivity index (χ1n) is 7.66. The molecule has 2 rings (SSSR count). The van der Waals surface area contributed by atoms with Crippen molar-refractivity contribution in [2.24, 2.45) is 4.99 Å². The van der Waals surface area contributed by atoms with E-state index < -0.39 is 5.82 Å². The second kappa shape index (κ2) is 7.33. The molecular formula is C17H23FN4O2. The van der Waals surface area contributed by atoms with Crippen LogP contribution in [-0.2, 0) is 18.5 Å². The number of halogens is 1. The fraction of sp³-hybridized carbons (Fsp3) is 0.412. The van der Waals surface area contributed by atoms with Crippen LogP contribution in [0.25, 0.3) is 0 Å².